The van der Waals surface area contributed by atoms with Crippen LogP contribution >= 0.6 is 0 Å². The standard InChI is InChI=1S/C19H19NO2/c1-12-5-4-6-13(2)17(12)11-20-14(3)9-15-7-8-16(19(21)22)10-18(15)20/h4-10H,11H2,1-3H3,(H,21,22). The molecule has 1 N–H and O–H groups in total. The van der Waals surface area contributed by atoms with E-state index >= 15 is 0 Å². The molecular formula is C19H19NO2. The summed E-state index contributed by atoms with van der Waals surface area (Å²) in [6.45, 7) is 7.06. The first-order chi connectivity index (χ1) is 10.5. The van der Waals surface area contributed by atoms with Gasteiger partial charge in [0.05, 0.1) is 5.56 Å². The molecule has 3 heteroatoms. The highest BCUT2D eigenvalue weighted by Gasteiger charge is 2.11. The minimum absolute atomic E-state index is 0.327. The molecule has 1 heterocycles. The molecule has 0 saturated carbocycles. The van der Waals surface area contributed by atoms with Gasteiger partial charge in [0.25, 0.3) is 0 Å². The fraction of sp³-hybridized carbons (Fsp3) is 0.211. The zero-order chi connectivity index (χ0) is 15.9. The van der Waals surface area contributed by atoms with Crippen LogP contribution in [0.25, 0.3) is 10.9 Å². The summed E-state index contributed by atoms with van der Waals surface area (Å²) in [6.07, 6.45) is 0. The van der Waals surface area contributed by atoms with Crippen LogP contribution < -0.4 is 0 Å². The minimum atomic E-state index is -0.889. The van der Waals surface area contributed by atoms with Gasteiger partial charge in [0.2, 0.25) is 0 Å². The molecule has 0 fully saturated rings. The number of aryl methyl sites for hydroxylation is 3. The molecule has 112 valence electrons. The van der Waals surface area contributed by atoms with Crippen LogP contribution in [0.3, 0.4) is 0 Å². The van der Waals surface area contributed by atoms with E-state index in [1.807, 2.05) is 6.07 Å². The van der Waals surface area contributed by atoms with E-state index in [-0.39, 0.29) is 0 Å². The van der Waals surface area contributed by atoms with Gasteiger partial charge in [0.15, 0.2) is 0 Å². The highest BCUT2D eigenvalue weighted by Crippen LogP contribution is 2.24. The highest BCUT2D eigenvalue weighted by molar-refractivity contribution is 5.93. The Balaban J connectivity index is 2.16. The van der Waals surface area contributed by atoms with Crippen LogP contribution in [-0.4, -0.2) is 15.6 Å². The van der Waals surface area contributed by atoms with Crippen molar-refractivity contribution in [1.29, 1.82) is 0 Å². The number of aromatic nitrogens is 1. The van der Waals surface area contributed by atoms with Crippen molar-refractivity contribution >= 4 is 16.9 Å². The first-order valence-electron chi connectivity index (χ1n) is 7.35. The Morgan fingerprint density at radius 1 is 1.05 bits per heavy atom. The summed E-state index contributed by atoms with van der Waals surface area (Å²) >= 11 is 0. The smallest absolute Gasteiger partial charge is 0.335 e. The fourth-order valence-electron chi connectivity index (χ4n) is 2.99. The quantitative estimate of drug-likeness (QED) is 0.781. The van der Waals surface area contributed by atoms with E-state index in [0.717, 1.165) is 23.1 Å². The van der Waals surface area contributed by atoms with Gasteiger partial charge in [-0.25, -0.2) is 4.79 Å². The topological polar surface area (TPSA) is 42.2 Å². The van der Waals surface area contributed by atoms with Gasteiger partial charge in [-0.05, 0) is 61.0 Å². The average molecular weight is 293 g/mol. The summed E-state index contributed by atoms with van der Waals surface area (Å²) in [6, 6.07) is 13.7. The van der Waals surface area contributed by atoms with Gasteiger partial charge in [-0.3, -0.25) is 0 Å². The lowest BCUT2D eigenvalue weighted by molar-refractivity contribution is 0.0697. The monoisotopic (exact) mass is 293 g/mol. The molecule has 0 atom stereocenters. The van der Waals surface area contributed by atoms with Gasteiger partial charge >= 0.3 is 5.97 Å². The number of carboxylic acids is 1. The van der Waals surface area contributed by atoms with Crippen LogP contribution in [0.15, 0.2) is 42.5 Å². The van der Waals surface area contributed by atoms with Gasteiger partial charge in [0, 0.05) is 17.8 Å². The Bertz CT molecular complexity index is 854. The van der Waals surface area contributed by atoms with Crippen molar-refractivity contribution in [2.75, 3.05) is 0 Å². The number of nitrogens with zero attached hydrogens (tertiary/aromatic N) is 1. The molecule has 22 heavy (non-hydrogen) atoms. The summed E-state index contributed by atoms with van der Waals surface area (Å²) in [5.74, 6) is -0.889. The molecular weight excluding hydrogens is 274 g/mol. The lowest BCUT2D eigenvalue weighted by Gasteiger charge is -2.14. The molecule has 0 amide bonds. The summed E-state index contributed by atoms with van der Waals surface area (Å²) in [7, 11) is 0. The van der Waals surface area contributed by atoms with E-state index in [0.29, 0.717) is 5.56 Å². The maximum atomic E-state index is 11.2. The lowest BCUT2D eigenvalue weighted by Crippen LogP contribution is -2.05. The van der Waals surface area contributed by atoms with Gasteiger partial charge < -0.3 is 9.67 Å². The molecule has 0 aliphatic rings. The van der Waals surface area contributed by atoms with Crippen molar-refractivity contribution in [2.45, 2.75) is 27.3 Å². The molecule has 0 spiro atoms. The Labute approximate surface area is 129 Å². The Morgan fingerprint density at radius 3 is 2.36 bits per heavy atom. The van der Waals surface area contributed by atoms with Crippen LogP contribution in [0.4, 0.5) is 0 Å². The first-order valence-corrected chi connectivity index (χ1v) is 7.35. The molecule has 1 aromatic heterocycles. The van der Waals surface area contributed by atoms with E-state index in [2.05, 4.69) is 49.6 Å². The normalized spacial score (nSPS) is 11.0. The maximum absolute atomic E-state index is 11.2. The molecule has 3 rings (SSSR count). The number of fused-ring (bicyclic) bond motifs is 1. The number of hydrogen-bond donors (Lipinski definition) is 1. The number of rotatable bonds is 3. The molecule has 0 aliphatic heterocycles. The molecule has 2 aromatic carbocycles. The fourth-order valence-corrected chi connectivity index (χ4v) is 2.99. The van der Waals surface area contributed by atoms with Gasteiger partial charge in [0.1, 0.15) is 0 Å². The van der Waals surface area contributed by atoms with Crippen molar-refractivity contribution in [2.24, 2.45) is 0 Å². The van der Waals surface area contributed by atoms with E-state index in [1.165, 1.54) is 16.7 Å². The minimum Gasteiger partial charge on any atom is -0.478 e. The van der Waals surface area contributed by atoms with E-state index in [1.54, 1.807) is 12.1 Å². The average Bonchev–Trinajstić information content (AvgIpc) is 2.78. The van der Waals surface area contributed by atoms with Crippen LogP contribution in [-0.2, 0) is 6.54 Å². The van der Waals surface area contributed by atoms with E-state index < -0.39 is 5.97 Å². The summed E-state index contributed by atoms with van der Waals surface area (Å²) in [5.41, 5.74) is 6.25. The number of benzene rings is 2. The Morgan fingerprint density at radius 2 is 1.73 bits per heavy atom. The van der Waals surface area contributed by atoms with Crippen LogP contribution in [0.2, 0.25) is 0 Å². The Kier molecular flexibility index (Phi) is 3.49. The van der Waals surface area contributed by atoms with Gasteiger partial charge in [-0.1, -0.05) is 24.3 Å². The predicted molar refractivity (Wildman–Crippen MR) is 88.7 cm³/mol. The van der Waals surface area contributed by atoms with Gasteiger partial charge in [-0.15, -0.1) is 0 Å². The second kappa shape index (κ2) is 5.34. The summed E-state index contributed by atoms with van der Waals surface area (Å²) < 4.78 is 2.19. The van der Waals surface area contributed by atoms with Crippen molar-refractivity contribution in [3.8, 4) is 0 Å². The van der Waals surface area contributed by atoms with Crippen molar-refractivity contribution in [3.63, 3.8) is 0 Å². The maximum Gasteiger partial charge on any atom is 0.335 e. The third-order valence-electron chi connectivity index (χ3n) is 4.32. The number of hydrogen-bond acceptors (Lipinski definition) is 1. The van der Waals surface area contributed by atoms with E-state index in [9.17, 15) is 9.90 Å². The third kappa shape index (κ3) is 2.39. The zero-order valence-corrected chi connectivity index (χ0v) is 13.1. The first kappa shape index (κ1) is 14.4. The third-order valence-corrected chi connectivity index (χ3v) is 4.32. The molecule has 0 saturated heterocycles. The second-order valence-electron chi connectivity index (χ2n) is 5.82. The second-order valence-corrected chi connectivity index (χ2v) is 5.82. The largest absolute Gasteiger partial charge is 0.478 e. The van der Waals surface area contributed by atoms with Crippen LogP contribution in [0.1, 0.15) is 32.7 Å². The summed E-state index contributed by atoms with van der Waals surface area (Å²) in [5, 5.41) is 10.3. The predicted octanol–water partition coefficient (Wildman–Crippen LogP) is 4.31. The van der Waals surface area contributed by atoms with Crippen molar-refractivity contribution < 1.29 is 9.90 Å². The van der Waals surface area contributed by atoms with Crippen molar-refractivity contribution in [3.05, 3.63) is 70.4 Å². The lowest BCUT2D eigenvalue weighted by atomic mass is 10.0. The molecule has 0 radical (unpaired) electrons. The zero-order valence-electron chi connectivity index (χ0n) is 13.1. The number of carbonyl (C=O) groups is 1. The van der Waals surface area contributed by atoms with Crippen LogP contribution in [0, 0.1) is 20.8 Å². The van der Waals surface area contributed by atoms with E-state index in [4.69, 9.17) is 0 Å². The number of aromatic carboxylic acids is 1. The number of carboxylic acid groups (broad SMARTS) is 1. The molecule has 0 aliphatic carbocycles. The molecule has 0 unspecified atom stereocenters. The molecule has 0 bridgehead atoms. The SMILES string of the molecule is Cc1cccc(C)c1Cn1c(C)cc2ccc(C(=O)O)cc21. The van der Waals surface area contributed by atoms with Crippen molar-refractivity contribution in [1.82, 2.24) is 4.57 Å². The summed E-state index contributed by atoms with van der Waals surface area (Å²) in [4.78, 5) is 11.2. The highest BCUT2D eigenvalue weighted by atomic mass is 16.4. The molecule has 3 nitrogen and oxygen atoms in total. The molecule has 3 aromatic rings. The van der Waals surface area contributed by atoms with Crippen LogP contribution in [0.5, 0.6) is 0 Å². The Hall–Kier alpha value is -2.55. The van der Waals surface area contributed by atoms with Gasteiger partial charge in [-0.2, -0.15) is 0 Å².